The van der Waals surface area contributed by atoms with Crippen LogP contribution in [0.5, 0.6) is 0 Å². The molecule has 0 radical (unpaired) electrons. The minimum atomic E-state index is -0.378. The van der Waals surface area contributed by atoms with E-state index in [4.69, 9.17) is 5.73 Å². The van der Waals surface area contributed by atoms with E-state index in [2.05, 4.69) is 5.32 Å². The molecule has 0 aromatic heterocycles. The Labute approximate surface area is 117 Å². The third kappa shape index (κ3) is 0.649. The van der Waals surface area contributed by atoms with Gasteiger partial charge in [0.05, 0.1) is 11.5 Å². The minimum absolute atomic E-state index is 0.0229. The van der Waals surface area contributed by atoms with E-state index in [1.165, 1.54) is 0 Å². The largest absolute Gasteiger partial charge is 0.339 e. The summed E-state index contributed by atoms with van der Waals surface area (Å²) in [4.78, 5) is 14.9. The van der Waals surface area contributed by atoms with Crippen molar-refractivity contribution in [3.05, 3.63) is 0 Å². The van der Waals surface area contributed by atoms with E-state index in [1.807, 2.05) is 4.90 Å². The summed E-state index contributed by atoms with van der Waals surface area (Å²) >= 11 is 0. The van der Waals surface area contributed by atoms with E-state index in [9.17, 15) is 9.18 Å². The number of alkyl halides is 1. The first-order valence-electron chi connectivity index (χ1n) is 8.03. The van der Waals surface area contributed by atoms with Crippen LogP contribution in [0, 0.1) is 46.3 Å². The zero-order valence-corrected chi connectivity index (χ0v) is 11.4. The van der Waals surface area contributed by atoms with Crippen LogP contribution in [0.4, 0.5) is 4.39 Å². The topological polar surface area (TPSA) is 58.4 Å². The Morgan fingerprint density at radius 1 is 1.25 bits per heavy atom. The van der Waals surface area contributed by atoms with E-state index >= 15 is 0 Å². The van der Waals surface area contributed by atoms with Gasteiger partial charge in [-0.1, -0.05) is 0 Å². The van der Waals surface area contributed by atoms with Crippen molar-refractivity contribution in [2.75, 3.05) is 32.9 Å². The summed E-state index contributed by atoms with van der Waals surface area (Å²) in [6.45, 7) is 2.52. The molecule has 1 heterocycles. The third-order valence-corrected chi connectivity index (χ3v) is 8.29. The molecule has 0 spiro atoms. The summed E-state index contributed by atoms with van der Waals surface area (Å²) in [5, 5.41) is 3.14. The number of nitrogens with zero attached hydrogens (tertiary/aromatic N) is 1. The van der Waals surface area contributed by atoms with Crippen molar-refractivity contribution in [3.8, 4) is 0 Å². The van der Waals surface area contributed by atoms with E-state index in [0.717, 1.165) is 37.4 Å². The SMILES string of the molecule is NCC12C3C4C1C1C2C3C41C(=O)N1CCNC(CF)C1. The number of carbonyl (C=O) groups is 1. The lowest BCUT2D eigenvalue weighted by molar-refractivity contribution is -0.639. The predicted molar refractivity (Wildman–Crippen MR) is 69.2 cm³/mol. The highest BCUT2D eigenvalue weighted by molar-refractivity contribution is 5.92. The van der Waals surface area contributed by atoms with Crippen molar-refractivity contribution >= 4 is 5.91 Å². The van der Waals surface area contributed by atoms with Crippen LogP contribution in [0.1, 0.15) is 0 Å². The summed E-state index contributed by atoms with van der Waals surface area (Å²) < 4.78 is 12.8. The van der Waals surface area contributed by atoms with Crippen molar-refractivity contribution in [1.82, 2.24) is 10.2 Å². The van der Waals surface area contributed by atoms with Gasteiger partial charge in [-0.15, -0.1) is 0 Å². The zero-order valence-electron chi connectivity index (χ0n) is 11.4. The molecule has 0 bridgehead atoms. The van der Waals surface area contributed by atoms with Gasteiger partial charge in [0.25, 0.3) is 0 Å². The fourth-order valence-electron chi connectivity index (χ4n) is 7.97. The second-order valence-corrected chi connectivity index (χ2v) is 7.96. The molecule has 1 atom stereocenters. The van der Waals surface area contributed by atoms with Gasteiger partial charge in [0.15, 0.2) is 0 Å². The molecule has 6 saturated carbocycles. The number of piperazine rings is 1. The highest BCUT2D eigenvalue weighted by Gasteiger charge is 3.10. The molecule has 3 N–H and O–H groups in total. The van der Waals surface area contributed by atoms with Gasteiger partial charge in [-0.05, 0) is 47.5 Å². The third-order valence-electron chi connectivity index (χ3n) is 8.29. The lowest BCUT2D eigenvalue weighted by Crippen LogP contribution is -3.12. The molecule has 20 heavy (non-hydrogen) atoms. The maximum absolute atomic E-state index is 13.0. The Hall–Kier alpha value is -0.680. The van der Waals surface area contributed by atoms with Crippen LogP contribution in [0.25, 0.3) is 0 Å². The smallest absolute Gasteiger partial charge is 0.229 e. The highest BCUT2D eigenvalue weighted by Crippen LogP contribution is 3.10. The van der Waals surface area contributed by atoms with Crippen LogP contribution < -0.4 is 11.1 Å². The molecule has 0 aromatic carbocycles. The number of rotatable bonds is 3. The Balaban J connectivity index is 1.26. The number of hydrogen-bond acceptors (Lipinski definition) is 3. The molecule has 7 rings (SSSR count). The van der Waals surface area contributed by atoms with Gasteiger partial charge in [0.2, 0.25) is 5.91 Å². The number of halogens is 1. The van der Waals surface area contributed by atoms with Gasteiger partial charge >= 0.3 is 0 Å². The van der Waals surface area contributed by atoms with Crippen molar-refractivity contribution in [3.63, 3.8) is 0 Å². The summed E-state index contributed by atoms with van der Waals surface area (Å²) in [5.41, 5.74) is 6.49. The summed E-state index contributed by atoms with van der Waals surface area (Å²) in [7, 11) is 0. The Morgan fingerprint density at radius 3 is 2.45 bits per heavy atom. The quantitative estimate of drug-likeness (QED) is 0.728. The van der Waals surface area contributed by atoms with Crippen LogP contribution in [-0.2, 0) is 4.79 Å². The first kappa shape index (κ1) is 11.0. The average Bonchev–Trinajstić information content (AvgIpc) is 2.53. The van der Waals surface area contributed by atoms with Gasteiger partial charge in [-0.25, -0.2) is 4.39 Å². The number of nitrogens with two attached hydrogens (primary N) is 1. The van der Waals surface area contributed by atoms with Crippen molar-refractivity contribution in [2.24, 2.45) is 52.1 Å². The maximum atomic E-state index is 13.0. The van der Waals surface area contributed by atoms with Crippen LogP contribution in [0.3, 0.4) is 0 Å². The molecule has 6 aliphatic carbocycles. The summed E-state index contributed by atoms with van der Waals surface area (Å²) in [5.74, 6) is 4.72. The van der Waals surface area contributed by atoms with E-state index in [-0.39, 0.29) is 18.1 Å². The van der Waals surface area contributed by atoms with Crippen molar-refractivity contribution in [2.45, 2.75) is 6.04 Å². The first-order valence-corrected chi connectivity index (χ1v) is 8.03. The van der Waals surface area contributed by atoms with Crippen LogP contribution in [-0.4, -0.2) is 49.7 Å². The van der Waals surface area contributed by atoms with Gasteiger partial charge in [0.1, 0.15) is 6.67 Å². The predicted octanol–water partition coefficient (Wildman–Crippen LogP) is -0.547. The summed E-state index contributed by atoms with van der Waals surface area (Å²) in [6, 6.07) is -0.157. The number of amides is 1. The monoisotopic (exact) mass is 277 g/mol. The van der Waals surface area contributed by atoms with E-state index < -0.39 is 0 Å². The maximum Gasteiger partial charge on any atom is 0.229 e. The Morgan fingerprint density at radius 2 is 1.90 bits per heavy atom. The van der Waals surface area contributed by atoms with Crippen LogP contribution in [0.15, 0.2) is 0 Å². The Bertz CT molecular complexity index is 496. The molecule has 1 saturated heterocycles. The second kappa shape index (κ2) is 2.80. The molecule has 1 amide bonds. The molecule has 1 aliphatic heterocycles. The normalized spacial score (nSPS) is 66.1. The molecule has 5 heteroatoms. The van der Waals surface area contributed by atoms with Crippen molar-refractivity contribution < 1.29 is 9.18 Å². The van der Waals surface area contributed by atoms with Crippen molar-refractivity contribution in [1.29, 1.82) is 0 Å². The summed E-state index contributed by atoms with van der Waals surface area (Å²) in [6.07, 6.45) is 0. The van der Waals surface area contributed by atoms with Crippen LogP contribution >= 0.6 is 0 Å². The zero-order chi connectivity index (χ0) is 13.4. The first-order chi connectivity index (χ1) is 9.74. The molecule has 1 unspecified atom stereocenters. The number of hydrogen-bond donors (Lipinski definition) is 2. The van der Waals surface area contributed by atoms with E-state index in [1.54, 1.807) is 0 Å². The molecule has 4 nitrogen and oxygen atoms in total. The van der Waals surface area contributed by atoms with E-state index in [0.29, 0.717) is 35.6 Å². The molecule has 7 fully saturated rings. The minimum Gasteiger partial charge on any atom is -0.339 e. The van der Waals surface area contributed by atoms with Gasteiger partial charge < -0.3 is 16.0 Å². The van der Waals surface area contributed by atoms with Gasteiger partial charge in [0, 0.05) is 19.6 Å². The molecule has 7 aliphatic rings. The fourth-order valence-corrected chi connectivity index (χ4v) is 7.97. The standard InChI is InChI=1S/C15H20FN3O/c16-3-6-4-19(2-1-18-6)13(20)15-10-7-11(15)9-12(15)8(10)14(7,9)5-17/h6-12,18H,1-5,17H2. The lowest BCUT2D eigenvalue weighted by Gasteiger charge is -3.11. The van der Waals surface area contributed by atoms with Gasteiger partial charge in [-0.2, -0.15) is 0 Å². The average molecular weight is 277 g/mol. The fraction of sp³-hybridized carbons (Fsp3) is 0.933. The molecule has 108 valence electrons. The number of nitrogens with one attached hydrogen (secondary N) is 1. The molecular formula is C15H20FN3O. The second-order valence-electron chi connectivity index (χ2n) is 7.96. The molecular weight excluding hydrogens is 257 g/mol. The molecule has 0 aromatic rings. The van der Waals surface area contributed by atoms with Gasteiger partial charge in [-0.3, -0.25) is 4.79 Å². The van der Waals surface area contributed by atoms with Crippen LogP contribution in [0.2, 0.25) is 0 Å². The number of carbonyl (C=O) groups excluding carboxylic acids is 1. The lowest BCUT2D eigenvalue weighted by atomic mass is 8.92. The Kier molecular flexibility index (Phi) is 1.53. The highest BCUT2D eigenvalue weighted by atomic mass is 19.1.